The summed E-state index contributed by atoms with van der Waals surface area (Å²) in [6.07, 6.45) is 3.98. The second-order valence-electron chi connectivity index (χ2n) is 8.77. The number of hydrogen-bond acceptors (Lipinski definition) is 7. The Labute approximate surface area is 214 Å². The molecule has 1 aliphatic rings. The van der Waals surface area contributed by atoms with Gasteiger partial charge in [0.15, 0.2) is 0 Å². The summed E-state index contributed by atoms with van der Waals surface area (Å²) in [5.41, 5.74) is 2.69. The number of aromatic nitrogens is 2. The van der Waals surface area contributed by atoms with Crippen LogP contribution < -0.4 is 15.6 Å². The van der Waals surface area contributed by atoms with Crippen LogP contribution in [-0.4, -0.2) is 44.7 Å². The smallest absolute Gasteiger partial charge is 0.267 e. The number of hydrogen-bond donors (Lipinski definition) is 1. The Hall–Kier alpha value is -3.17. The third-order valence-electron chi connectivity index (χ3n) is 5.69. The third-order valence-corrected chi connectivity index (χ3v) is 7.07. The second-order valence-corrected chi connectivity index (χ2v) is 10.4. The normalized spacial score (nSPS) is 15.0. The molecule has 1 aliphatic heterocycles. The maximum Gasteiger partial charge on any atom is 0.267 e. The van der Waals surface area contributed by atoms with E-state index in [2.05, 4.69) is 19.2 Å². The van der Waals surface area contributed by atoms with Crippen molar-refractivity contribution in [2.75, 3.05) is 25.5 Å². The summed E-state index contributed by atoms with van der Waals surface area (Å²) >= 11 is 6.72. The highest BCUT2D eigenvalue weighted by Gasteiger charge is 2.32. The van der Waals surface area contributed by atoms with Crippen molar-refractivity contribution in [2.24, 2.45) is 5.92 Å². The van der Waals surface area contributed by atoms with E-state index in [-0.39, 0.29) is 11.5 Å². The van der Waals surface area contributed by atoms with E-state index in [0.717, 1.165) is 16.9 Å². The maximum absolute atomic E-state index is 13.4. The molecule has 3 heterocycles. The van der Waals surface area contributed by atoms with Gasteiger partial charge in [0, 0.05) is 19.3 Å². The van der Waals surface area contributed by atoms with Crippen LogP contribution in [0, 0.1) is 12.8 Å². The number of methoxy groups -OCH3 is 1. The Bertz CT molecular complexity index is 1360. The summed E-state index contributed by atoms with van der Waals surface area (Å²) in [6.45, 7) is 7.19. The number of rotatable bonds is 8. The van der Waals surface area contributed by atoms with Crippen molar-refractivity contribution in [1.82, 2.24) is 14.3 Å². The van der Waals surface area contributed by atoms with Gasteiger partial charge in [-0.15, -0.1) is 0 Å². The minimum absolute atomic E-state index is 0.197. The van der Waals surface area contributed by atoms with Crippen molar-refractivity contribution in [1.29, 1.82) is 0 Å². The lowest BCUT2D eigenvalue weighted by atomic mass is 10.1. The van der Waals surface area contributed by atoms with Crippen LogP contribution in [0.15, 0.2) is 52.3 Å². The molecule has 35 heavy (non-hydrogen) atoms. The number of ether oxygens (including phenoxy) is 1. The number of fused-ring (bicyclic) bond motifs is 1. The summed E-state index contributed by atoms with van der Waals surface area (Å²) in [5, 5.41) is 3.29. The molecule has 0 unspecified atom stereocenters. The van der Waals surface area contributed by atoms with Gasteiger partial charge < -0.3 is 10.1 Å². The van der Waals surface area contributed by atoms with E-state index in [1.807, 2.05) is 43.3 Å². The SMILES string of the molecule is COc1ccc(CCN2C(=O)/C(=C\c3c(NCC(C)C)nc4c(C)cccn4c3=O)SC2=S)cc1. The molecule has 0 atom stereocenters. The first-order valence-electron chi connectivity index (χ1n) is 11.4. The van der Waals surface area contributed by atoms with Crippen molar-refractivity contribution in [3.05, 3.63) is 74.5 Å². The van der Waals surface area contributed by atoms with Gasteiger partial charge >= 0.3 is 0 Å². The van der Waals surface area contributed by atoms with Crippen molar-refractivity contribution in [3.63, 3.8) is 0 Å². The summed E-state index contributed by atoms with van der Waals surface area (Å²) in [4.78, 5) is 33.4. The monoisotopic (exact) mass is 508 g/mol. The van der Waals surface area contributed by atoms with Crippen molar-refractivity contribution in [2.45, 2.75) is 27.2 Å². The zero-order valence-electron chi connectivity index (χ0n) is 20.2. The highest BCUT2D eigenvalue weighted by atomic mass is 32.2. The Balaban J connectivity index is 1.64. The standard InChI is InChI=1S/C26H28N4O3S2/c1-16(2)15-27-22-20(24(31)29-12-5-6-17(3)23(29)28-22)14-21-25(32)30(26(34)35-21)13-11-18-7-9-19(33-4)10-8-18/h5-10,12,14,16,27H,11,13,15H2,1-4H3/b21-14+. The first kappa shape index (κ1) is 24.9. The number of amides is 1. The van der Waals surface area contributed by atoms with Gasteiger partial charge in [-0.05, 0) is 54.7 Å². The minimum Gasteiger partial charge on any atom is -0.497 e. The molecule has 1 N–H and O–H groups in total. The van der Waals surface area contributed by atoms with E-state index in [0.29, 0.717) is 51.7 Å². The largest absolute Gasteiger partial charge is 0.497 e. The lowest BCUT2D eigenvalue weighted by molar-refractivity contribution is -0.122. The third kappa shape index (κ3) is 5.41. The van der Waals surface area contributed by atoms with Gasteiger partial charge in [0.1, 0.15) is 21.5 Å². The number of aryl methyl sites for hydroxylation is 1. The topological polar surface area (TPSA) is 75.9 Å². The highest BCUT2D eigenvalue weighted by molar-refractivity contribution is 8.26. The molecule has 0 saturated carbocycles. The first-order valence-corrected chi connectivity index (χ1v) is 12.6. The average molecular weight is 509 g/mol. The van der Waals surface area contributed by atoms with Crippen LogP contribution in [0.4, 0.5) is 5.82 Å². The molecule has 1 amide bonds. The Kier molecular flexibility index (Phi) is 7.57. The lowest BCUT2D eigenvalue weighted by Crippen LogP contribution is -2.30. The summed E-state index contributed by atoms with van der Waals surface area (Å²) in [5.74, 6) is 1.42. The fraction of sp³-hybridized carbons (Fsp3) is 0.308. The van der Waals surface area contributed by atoms with E-state index >= 15 is 0 Å². The number of benzene rings is 1. The number of pyridine rings is 1. The Morgan fingerprint density at radius 2 is 1.94 bits per heavy atom. The number of carbonyl (C=O) groups is 1. The molecule has 0 aliphatic carbocycles. The van der Waals surface area contributed by atoms with Crippen LogP contribution in [0.25, 0.3) is 11.7 Å². The van der Waals surface area contributed by atoms with E-state index in [9.17, 15) is 9.59 Å². The molecular formula is C26H28N4O3S2. The number of nitrogens with zero attached hydrogens (tertiary/aromatic N) is 3. The predicted octanol–water partition coefficient (Wildman–Crippen LogP) is 4.52. The second kappa shape index (κ2) is 10.6. The van der Waals surface area contributed by atoms with E-state index < -0.39 is 0 Å². The number of anilines is 1. The molecule has 1 aromatic carbocycles. The van der Waals surface area contributed by atoms with Gasteiger partial charge in [-0.1, -0.05) is 56.0 Å². The molecule has 1 saturated heterocycles. The quantitative estimate of drug-likeness (QED) is 0.354. The first-order chi connectivity index (χ1) is 16.8. The molecule has 0 radical (unpaired) electrons. The summed E-state index contributed by atoms with van der Waals surface area (Å²) in [7, 11) is 1.63. The molecule has 9 heteroatoms. The molecule has 0 bridgehead atoms. The van der Waals surface area contributed by atoms with Crippen LogP contribution in [0.2, 0.25) is 0 Å². The Morgan fingerprint density at radius 3 is 2.63 bits per heavy atom. The molecule has 4 rings (SSSR count). The van der Waals surface area contributed by atoms with Gasteiger partial charge in [0.25, 0.3) is 11.5 Å². The molecule has 3 aromatic rings. The molecule has 182 valence electrons. The summed E-state index contributed by atoms with van der Waals surface area (Å²) < 4.78 is 7.20. The fourth-order valence-corrected chi connectivity index (χ4v) is 5.02. The fourth-order valence-electron chi connectivity index (χ4n) is 3.73. The van der Waals surface area contributed by atoms with E-state index in [1.54, 1.807) is 24.3 Å². The minimum atomic E-state index is -0.228. The molecule has 0 spiro atoms. The van der Waals surface area contributed by atoms with Crippen LogP contribution in [0.5, 0.6) is 5.75 Å². The number of carbonyl (C=O) groups excluding carboxylic acids is 1. The van der Waals surface area contributed by atoms with E-state index in [4.69, 9.17) is 21.9 Å². The zero-order chi connectivity index (χ0) is 25.1. The van der Waals surface area contributed by atoms with Crippen molar-refractivity contribution in [3.8, 4) is 5.75 Å². The number of thioether (sulfide) groups is 1. The van der Waals surface area contributed by atoms with Crippen molar-refractivity contribution >= 4 is 51.7 Å². The molecular weight excluding hydrogens is 480 g/mol. The predicted molar refractivity (Wildman–Crippen MR) is 146 cm³/mol. The number of thiocarbonyl (C=S) groups is 1. The van der Waals surface area contributed by atoms with Gasteiger partial charge in [-0.25, -0.2) is 4.98 Å². The zero-order valence-corrected chi connectivity index (χ0v) is 21.8. The van der Waals surface area contributed by atoms with Crippen LogP contribution in [0.1, 0.15) is 30.5 Å². The van der Waals surface area contributed by atoms with Gasteiger partial charge in [-0.3, -0.25) is 18.9 Å². The van der Waals surface area contributed by atoms with Crippen LogP contribution >= 0.6 is 24.0 Å². The van der Waals surface area contributed by atoms with Crippen LogP contribution in [0.3, 0.4) is 0 Å². The van der Waals surface area contributed by atoms with Gasteiger partial charge in [-0.2, -0.15) is 0 Å². The molecule has 2 aromatic heterocycles. The van der Waals surface area contributed by atoms with Gasteiger partial charge in [0.05, 0.1) is 17.6 Å². The maximum atomic E-state index is 13.4. The van der Waals surface area contributed by atoms with Crippen molar-refractivity contribution < 1.29 is 9.53 Å². The number of nitrogens with one attached hydrogen (secondary N) is 1. The molecule has 1 fully saturated rings. The lowest BCUT2D eigenvalue weighted by Gasteiger charge is -2.15. The van der Waals surface area contributed by atoms with Crippen LogP contribution in [-0.2, 0) is 11.2 Å². The highest BCUT2D eigenvalue weighted by Crippen LogP contribution is 2.33. The van der Waals surface area contributed by atoms with Gasteiger partial charge in [0.2, 0.25) is 0 Å². The average Bonchev–Trinajstić information content (AvgIpc) is 3.11. The summed E-state index contributed by atoms with van der Waals surface area (Å²) in [6, 6.07) is 11.5. The van der Waals surface area contributed by atoms with E-state index in [1.165, 1.54) is 16.2 Å². The Morgan fingerprint density at radius 1 is 1.20 bits per heavy atom. The molecule has 7 nitrogen and oxygen atoms in total.